The van der Waals surface area contributed by atoms with Crippen LogP contribution >= 0.6 is 0 Å². The molecule has 0 radical (unpaired) electrons. The fourth-order valence-corrected chi connectivity index (χ4v) is 3.62. The molecular formula is C26H26N4O. The van der Waals surface area contributed by atoms with E-state index in [0.717, 1.165) is 50.4 Å². The quantitative estimate of drug-likeness (QED) is 0.331. The molecule has 0 aliphatic rings. The van der Waals surface area contributed by atoms with Gasteiger partial charge in [0.2, 0.25) is 0 Å². The van der Waals surface area contributed by atoms with Crippen LogP contribution < -0.4 is 0 Å². The minimum atomic E-state index is -0.166. The zero-order valence-corrected chi connectivity index (χ0v) is 18.8. The van der Waals surface area contributed by atoms with Gasteiger partial charge in [-0.25, -0.2) is 15.0 Å². The van der Waals surface area contributed by atoms with Crippen molar-refractivity contribution in [3.05, 3.63) is 60.3 Å². The molecule has 1 aromatic carbocycles. The topological polar surface area (TPSA) is 64.7 Å². The first-order valence-corrected chi connectivity index (χ1v) is 10.6. The van der Waals surface area contributed by atoms with Crippen LogP contribution in [0.2, 0.25) is 0 Å². The average Bonchev–Trinajstić information content (AvgIpc) is 3.35. The van der Waals surface area contributed by atoms with E-state index in [-0.39, 0.29) is 10.8 Å². The van der Waals surface area contributed by atoms with Crippen molar-refractivity contribution in [2.24, 2.45) is 0 Å². The van der Waals surface area contributed by atoms with Crippen LogP contribution in [0, 0.1) is 0 Å². The molecule has 0 saturated heterocycles. The van der Waals surface area contributed by atoms with Gasteiger partial charge in [-0.2, -0.15) is 0 Å². The lowest BCUT2D eigenvalue weighted by Gasteiger charge is -2.22. The summed E-state index contributed by atoms with van der Waals surface area (Å²) in [6.07, 6.45) is 1.85. The molecule has 5 rings (SSSR count). The molecule has 5 aromatic rings. The first-order valence-electron chi connectivity index (χ1n) is 10.6. The Kier molecular flexibility index (Phi) is 4.16. The standard InChI is InChI=1S/C26H26N4O/c1-25(2,3)23-28-22(29-24(30-23)26(4,5)6)16-8-10-19(27-14-16)15-7-9-17-18(13-15)21-12-11-20(17)31-21/h7-14H,1-6H3. The minimum absolute atomic E-state index is 0.166. The van der Waals surface area contributed by atoms with Gasteiger partial charge < -0.3 is 4.42 Å². The molecule has 0 N–H and O–H groups in total. The Morgan fingerprint density at radius 1 is 0.645 bits per heavy atom. The summed E-state index contributed by atoms with van der Waals surface area (Å²) in [6, 6.07) is 14.4. The molecule has 4 heterocycles. The Balaban J connectivity index is 1.55. The van der Waals surface area contributed by atoms with Crippen molar-refractivity contribution in [3.63, 3.8) is 0 Å². The molecule has 0 saturated carbocycles. The largest absolute Gasteiger partial charge is 0.456 e. The maximum absolute atomic E-state index is 5.77. The van der Waals surface area contributed by atoms with E-state index in [0.29, 0.717) is 5.82 Å². The number of furan rings is 2. The van der Waals surface area contributed by atoms with E-state index in [9.17, 15) is 0 Å². The third-order valence-electron chi connectivity index (χ3n) is 5.45. The van der Waals surface area contributed by atoms with E-state index in [1.165, 1.54) is 0 Å². The van der Waals surface area contributed by atoms with Crippen molar-refractivity contribution in [2.75, 3.05) is 0 Å². The second-order valence-electron chi connectivity index (χ2n) is 10.2. The highest BCUT2D eigenvalue weighted by atomic mass is 16.3. The predicted molar refractivity (Wildman–Crippen MR) is 124 cm³/mol. The van der Waals surface area contributed by atoms with E-state index < -0.39 is 0 Å². The molecule has 5 heteroatoms. The summed E-state index contributed by atoms with van der Waals surface area (Å²) < 4.78 is 5.77. The molecule has 0 atom stereocenters. The number of rotatable bonds is 2. The molecule has 31 heavy (non-hydrogen) atoms. The number of nitrogens with zero attached hydrogens (tertiary/aromatic N) is 4. The Hall–Kier alpha value is -3.34. The zero-order chi connectivity index (χ0) is 22.0. The lowest BCUT2D eigenvalue weighted by Crippen LogP contribution is -2.24. The highest BCUT2D eigenvalue weighted by molar-refractivity contribution is 6.08. The number of hydrogen-bond donors (Lipinski definition) is 0. The molecule has 0 amide bonds. The van der Waals surface area contributed by atoms with Gasteiger partial charge in [0.15, 0.2) is 5.82 Å². The number of aromatic nitrogens is 4. The van der Waals surface area contributed by atoms with Gasteiger partial charge in [0.05, 0.1) is 5.69 Å². The van der Waals surface area contributed by atoms with E-state index in [4.69, 9.17) is 24.4 Å². The highest BCUT2D eigenvalue weighted by Gasteiger charge is 2.25. The normalized spacial score (nSPS) is 12.8. The van der Waals surface area contributed by atoms with Crippen molar-refractivity contribution in [3.8, 4) is 22.6 Å². The van der Waals surface area contributed by atoms with Crippen LogP contribution in [-0.2, 0) is 10.8 Å². The smallest absolute Gasteiger partial charge is 0.164 e. The van der Waals surface area contributed by atoms with Crippen molar-refractivity contribution in [1.29, 1.82) is 0 Å². The molecule has 0 aliphatic carbocycles. The number of benzene rings is 2. The van der Waals surface area contributed by atoms with E-state index in [1.807, 2.05) is 30.5 Å². The van der Waals surface area contributed by atoms with Crippen LogP contribution in [0.25, 0.3) is 44.6 Å². The number of fused-ring (bicyclic) bond motifs is 5. The molecule has 0 spiro atoms. The first kappa shape index (κ1) is 19.6. The molecule has 4 aromatic heterocycles. The third kappa shape index (κ3) is 3.44. The average molecular weight is 411 g/mol. The summed E-state index contributed by atoms with van der Waals surface area (Å²) in [5.74, 6) is 2.26. The van der Waals surface area contributed by atoms with Crippen LogP contribution in [0.4, 0.5) is 0 Å². The van der Waals surface area contributed by atoms with Gasteiger partial charge in [0.1, 0.15) is 22.8 Å². The molecular weight excluding hydrogens is 384 g/mol. The van der Waals surface area contributed by atoms with Gasteiger partial charge in [-0.05, 0) is 36.4 Å². The fourth-order valence-electron chi connectivity index (χ4n) is 3.62. The Bertz CT molecular complexity index is 1350. The van der Waals surface area contributed by atoms with E-state index in [1.54, 1.807) is 0 Å². The maximum atomic E-state index is 5.77. The molecule has 2 bridgehead atoms. The first-order chi connectivity index (χ1) is 14.6. The molecule has 0 fully saturated rings. The summed E-state index contributed by atoms with van der Waals surface area (Å²) in [4.78, 5) is 19.0. The van der Waals surface area contributed by atoms with Crippen LogP contribution in [-0.4, -0.2) is 19.9 Å². The SMILES string of the molecule is CC(C)(C)c1nc(-c2ccc(-c3ccc4c5ccc(o5)c4c3)nc2)nc(C(C)(C)C)n1. The lowest BCUT2D eigenvalue weighted by molar-refractivity contribution is 0.497. The van der Waals surface area contributed by atoms with E-state index >= 15 is 0 Å². The minimum Gasteiger partial charge on any atom is -0.456 e. The fraction of sp³-hybridized carbons (Fsp3) is 0.308. The Morgan fingerprint density at radius 3 is 1.84 bits per heavy atom. The second kappa shape index (κ2) is 6.58. The summed E-state index contributed by atoms with van der Waals surface area (Å²) in [5, 5.41) is 2.27. The number of pyridine rings is 1. The molecule has 156 valence electrons. The van der Waals surface area contributed by atoms with Gasteiger partial charge in [0.25, 0.3) is 0 Å². The Labute approximate surface area is 181 Å². The summed E-state index contributed by atoms with van der Waals surface area (Å²) >= 11 is 0. The van der Waals surface area contributed by atoms with Crippen molar-refractivity contribution >= 4 is 21.9 Å². The molecule has 5 nitrogen and oxygen atoms in total. The van der Waals surface area contributed by atoms with Crippen LogP contribution in [0.3, 0.4) is 0 Å². The van der Waals surface area contributed by atoms with Crippen molar-refractivity contribution in [1.82, 2.24) is 19.9 Å². The van der Waals surface area contributed by atoms with Gasteiger partial charge >= 0.3 is 0 Å². The van der Waals surface area contributed by atoms with Gasteiger partial charge in [-0.3, -0.25) is 4.98 Å². The Morgan fingerprint density at radius 2 is 1.26 bits per heavy atom. The summed E-state index contributed by atoms with van der Waals surface area (Å²) in [7, 11) is 0. The number of hydrogen-bond acceptors (Lipinski definition) is 5. The maximum Gasteiger partial charge on any atom is 0.164 e. The summed E-state index contributed by atoms with van der Waals surface area (Å²) in [5.41, 5.74) is 4.37. The third-order valence-corrected chi connectivity index (χ3v) is 5.45. The monoisotopic (exact) mass is 410 g/mol. The highest BCUT2D eigenvalue weighted by Crippen LogP contribution is 2.34. The molecule has 0 unspecified atom stereocenters. The molecule has 0 aliphatic heterocycles. The van der Waals surface area contributed by atoms with Crippen molar-refractivity contribution in [2.45, 2.75) is 52.4 Å². The zero-order valence-electron chi connectivity index (χ0n) is 18.8. The van der Waals surface area contributed by atoms with Crippen LogP contribution in [0.5, 0.6) is 0 Å². The predicted octanol–water partition coefficient (Wildman–Crippen LogP) is 6.53. The lowest BCUT2D eigenvalue weighted by atomic mass is 9.93. The van der Waals surface area contributed by atoms with Gasteiger partial charge in [-0.15, -0.1) is 0 Å². The van der Waals surface area contributed by atoms with Crippen LogP contribution in [0.1, 0.15) is 53.2 Å². The summed E-state index contributed by atoms with van der Waals surface area (Å²) in [6.45, 7) is 12.7. The van der Waals surface area contributed by atoms with Gasteiger partial charge in [-0.1, -0.05) is 47.6 Å². The van der Waals surface area contributed by atoms with Crippen LogP contribution in [0.15, 0.2) is 53.1 Å². The van der Waals surface area contributed by atoms with E-state index in [2.05, 4.69) is 59.7 Å². The van der Waals surface area contributed by atoms with Gasteiger partial charge in [0, 0.05) is 38.9 Å². The second-order valence-corrected chi connectivity index (χ2v) is 10.2. The van der Waals surface area contributed by atoms with Crippen molar-refractivity contribution < 1.29 is 4.42 Å².